The van der Waals surface area contributed by atoms with Crippen LogP contribution in [0.5, 0.6) is 0 Å². The number of sulfonamides is 1. The van der Waals surface area contributed by atoms with E-state index in [9.17, 15) is 13.2 Å². The Morgan fingerprint density at radius 1 is 1.00 bits per heavy atom. The summed E-state index contributed by atoms with van der Waals surface area (Å²) in [6, 6.07) is 21.5. The van der Waals surface area contributed by atoms with E-state index in [0.717, 1.165) is 46.2 Å². The third-order valence-electron chi connectivity index (χ3n) is 7.04. The number of carbonyl (C=O) groups excluding carboxylic acids is 1. The van der Waals surface area contributed by atoms with Gasteiger partial charge in [0.25, 0.3) is 0 Å². The van der Waals surface area contributed by atoms with E-state index in [2.05, 4.69) is 58.9 Å². The third kappa shape index (κ3) is 6.96. The van der Waals surface area contributed by atoms with Crippen LogP contribution in [0.3, 0.4) is 0 Å². The van der Waals surface area contributed by atoms with Crippen molar-refractivity contribution in [3.05, 3.63) is 99.0 Å². The van der Waals surface area contributed by atoms with Gasteiger partial charge in [-0.05, 0) is 87.2 Å². The van der Waals surface area contributed by atoms with Crippen molar-refractivity contribution in [1.29, 1.82) is 0 Å². The van der Waals surface area contributed by atoms with E-state index in [4.69, 9.17) is 0 Å². The van der Waals surface area contributed by atoms with Crippen molar-refractivity contribution < 1.29 is 13.2 Å². The van der Waals surface area contributed by atoms with Gasteiger partial charge in [0.15, 0.2) is 5.78 Å². The highest BCUT2D eigenvalue weighted by atomic mass is 79.9. The number of aryl methyl sites for hydroxylation is 1. The van der Waals surface area contributed by atoms with Crippen molar-refractivity contribution in [3.8, 4) is 0 Å². The second-order valence-electron chi connectivity index (χ2n) is 10.1. The minimum absolute atomic E-state index is 0.143. The molecule has 0 aromatic heterocycles. The molecular weight excluding hydrogens is 548 g/mol. The standard InChI is InChI=1S/C30H35BrN2O3S/c1-22(2)32(20-24-8-12-28(31)13-9-24)17-4-5-30(34)26-10-11-27-21-33(18-16-25(27)19-26)37(35,36)29-14-6-23(3)7-15-29/h6-15,19,22H,4-5,16-18,20-21H2,1-3H3. The normalized spacial score (nSPS) is 14.2. The number of ketones is 1. The lowest BCUT2D eigenvalue weighted by Gasteiger charge is -2.28. The van der Waals surface area contributed by atoms with Gasteiger partial charge in [0, 0.05) is 42.1 Å². The van der Waals surface area contributed by atoms with Crippen LogP contribution in [0, 0.1) is 6.92 Å². The molecule has 1 heterocycles. The Labute approximate surface area is 229 Å². The molecule has 0 atom stereocenters. The maximum Gasteiger partial charge on any atom is 0.243 e. The highest BCUT2D eigenvalue weighted by Gasteiger charge is 2.28. The van der Waals surface area contributed by atoms with Gasteiger partial charge >= 0.3 is 0 Å². The summed E-state index contributed by atoms with van der Waals surface area (Å²) in [5, 5.41) is 0. The zero-order valence-corrected chi connectivity index (χ0v) is 24.2. The maximum absolute atomic E-state index is 13.1. The Balaban J connectivity index is 1.35. The summed E-state index contributed by atoms with van der Waals surface area (Å²) in [6.45, 7) is 8.78. The highest BCUT2D eigenvalue weighted by molar-refractivity contribution is 9.10. The van der Waals surface area contributed by atoms with Gasteiger partial charge < -0.3 is 0 Å². The maximum atomic E-state index is 13.1. The number of halogens is 1. The molecule has 196 valence electrons. The van der Waals surface area contributed by atoms with Gasteiger partial charge in [-0.25, -0.2) is 8.42 Å². The van der Waals surface area contributed by atoms with E-state index in [1.807, 2.05) is 37.3 Å². The second-order valence-corrected chi connectivity index (χ2v) is 13.0. The van der Waals surface area contributed by atoms with E-state index in [0.29, 0.717) is 36.9 Å². The largest absolute Gasteiger partial charge is 0.297 e. The van der Waals surface area contributed by atoms with Gasteiger partial charge in [0.05, 0.1) is 4.90 Å². The zero-order chi connectivity index (χ0) is 26.6. The number of Topliss-reactive ketones (excluding diaryl/α,β-unsaturated/α-hetero) is 1. The average molecular weight is 584 g/mol. The predicted octanol–water partition coefficient (Wildman–Crippen LogP) is 6.38. The van der Waals surface area contributed by atoms with Gasteiger partial charge in [-0.1, -0.05) is 57.9 Å². The van der Waals surface area contributed by atoms with Crippen molar-refractivity contribution in [2.75, 3.05) is 13.1 Å². The number of hydrogen-bond acceptors (Lipinski definition) is 4. The molecular formula is C30H35BrN2O3S. The van der Waals surface area contributed by atoms with Crippen LogP contribution in [0.1, 0.15) is 59.3 Å². The van der Waals surface area contributed by atoms with E-state index in [-0.39, 0.29) is 5.78 Å². The van der Waals surface area contributed by atoms with E-state index in [1.54, 1.807) is 12.1 Å². The molecule has 0 amide bonds. The lowest BCUT2D eigenvalue weighted by molar-refractivity contribution is 0.0970. The molecule has 5 nitrogen and oxygen atoms in total. The smallest absolute Gasteiger partial charge is 0.243 e. The molecule has 7 heteroatoms. The summed E-state index contributed by atoms with van der Waals surface area (Å²) in [6.07, 6.45) is 1.90. The average Bonchev–Trinajstić information content (AvgIpc) is 2.88. The first-order chi connectivity index (χ1) is 17.6. The molecule has 0 spiro atoms. The molecule has 0 fully saturated rings. The molecule has 0 saturated heterocycles. The monoisotopic (exact) mass is 582 g/mol. The summed E-state index contributed by atoms with van der Waals surface area (Å²) in [5.41, 5.74) is 5.05. The fourth-order valence-corrected chi connectivity index (χ4v) is 6.38. The highest BCUT2D eigenvalue weighted by Crippen LogP contribution is 2.26. The molecule has 3 aromatic rings. The van der Waals surface area contributed by atoms with Gasteiger partial charge in [0.1, 0.15) is 0 Å². The fraction of sp³-hybridized carbons (Fsp3) is 0.367. The van der Waals surface area contributed by atoms with Gasteiger partial charge in [-0.15, -0.1) is 0 Å². The van der Waals surface area contributed by atoms with Gasteiger partial charge in [-0.3, -0.25) is 9.69 Å². The Kier molecular flexibility index (Phi) is 9.01. The van der Waals surface area contributed by atoms with Crippen LogP contribution in [-0.4, -0.2) is 42.5 Å². The topological polar surface area (TPSA) is 57.7 Å². The Morgan fingerprint density at radius 3 is 2.38 bits per heavy atom. The number of carbonyl (C=O) groups is 1. The van der Waals surface area contributed by atoms with Crippen molar-refractivity contribution >= 4 is 31.7 Å². The van der Waals surface area contributed by atoms with Crippen LogP contribution in [0.2, 0.25) is 0 Å². The number of nitrogens with zero attached hydrogens (tertiary/aromatic N) is 2. The molecule has 1 aliphatic heterocycles. The SMILES string of the molecule is Cc1ccc(S(=O)(=O)N2CCc3cc(C(=O)CCCN(Cc4ccc(Br)cc4)C(C)C)ccc3C2)cc1. The van der Waals surface area contributed by atoms with Crippen LogP contribution < -0.4 is 0 Å². The van der Waals surface area contributed by atoms with Gasteiger partial charge in [0.2, 0.25) is 10.0 Å². The number of fused-ring (bicyclic) bond motifs is 1. The van der Waals surface area contributed by atoms with E-state index < -0.39 is 10.0 Å². The van der Waals surface area contributed by atoms with Crippen LogP contribution in [-0.2, 0) is 29.5 Å². The summed E-state index contributed by atoms with van der Waals surface area (Å²) in [5.74, 6) is 0.143. The molecule has 0 radical (unpaired) electrons. The van der Waals surface area contributed by atoms with E-state index >= 15 is 0 Å². The minimum Gasteiger partial charge on any atom is -0.297 e. The molecule has 4 rings (SSSR count). The first-order valence-corrected chi connectivity index (χ1v) is 15.1. The second kappa shape index (κ2) is 12.0. The van der Waals surface area contributed by atoms with Crippen molar-refractivity contribution in [3.63, 3.8) is 0 Å². The van der Waals surface area contributed by atoms with Gasteiger partial charge in [-0.2, -0.15) is 4.31 Å². The molecule has 0 unspecified atom stereocenters. The van der Waals surface area contributed by atoms with Crippen molar-refractivity contribution in [2.45, 2.75) is 64.1 Å². The summed E-state index contributed by atoms with van der Waals surface area (Å²) in [4.78, 5) is 15.7. The lowest BCUT2D eigenvalue weighted by Crippen LogP contribution is -2.36. The third-order valence-corrected chi connectivity index (χ3v) is 9.43. The van der Waals surface area contributed by atoms with Crippen molar-refractivity contribution in [1.82, 2.24) is 9.21 Å². The molecule has 0 saturated carbocycles. The quantitative estimate of drug-likeness (QED) is 0.260. The van der Waals surface area contributed by atoms with Crippen molar-refractivity contribution in [2.24, 2.45) is 0 Å². The predicted molar refractivity (Wildman–Crippen MR) is 152 cm³/mol. The summed E-state index contributed by atoms with van der Waals surface area (Å²) < 4.78 is 28.8. The number of rotatable bonds is 10. The number of hydrogen-bond donors (Lipinski definition) is 0. The van der Waals surface area contributed by atoms with Crippen LogP contribution in [0.4, 0.5) is 0 Å². The lowest BCUT2D eigenvalue weighted by atomic mass is 9.96. The van der Waals surface area contributed by atoms with E-state index in [1.165, 1.54) is 9.87 Å². The molecule has 0 N–H and O–H groups in total. The first kappa shape index (κ1) is 27.7. The molecule has 3 aromatic carbocycles. The zero-order valence-electron chi connectivity index (χ0n) is 21.8. The molecule has 0 aliphatic carbocycles. The van der Waals surface area contributed by atoms with Crippen LogP contribution in [0.25, 0.3) is 0 Å². The Morgan fingerprint density at radius 2 is 1.70 bits per heavy atom. The summed E-state index contributed by atoms with van der Waals surface area (Å²) in [7, 11) is -3.54. The molecule has 0 bridgehead atoms. The molecule has 1 aliphatic rings. The molecule has 37 heavy (non-hydrogen) atoms. The Hall–Kier alpha value is -2.32. The fourth-order valence-electron chi connectivity index (χ4n) is 4.70. The minimum atomic E-state index is -3.54. The number of benzene rings is 3. The van der Waals surface area contributed by atoms with Crippen LogP contribution in [0.15, 0.2) is 76.1 Å². The van der Waals surface area contributed by atoms with Crippen LogP contribution >= 0.6 is 15.9 Å². The summed E-state index contributed by atoms with van der Waals surface area (Å²) >= 11 is 3.49. The first-order valence-electron chi connectivity index (χ1n) is 12.8. The Bertz CT molecular complexity index is 1340.